The first-order valence-electron chi connectivity index (χ1n) is 12.4. The van der Waals surface area contributed by atoms with Crippen LogP contribution in [0.4, 0.5) is 0 Å². The molecule has 1 aromatic rings. The van der Waals surface area contributed by atoms with Crippen molar-refractivity contribution >= 4 is 5.97 Å². The second-order valence-electron chi connectivity index (χ2n) is 11.4. The largest absolute Gasteiger partial charge is 0.459 e. The minimum Gasteiger partial charge on any atom is -0.459 e. The van der Waals surface area contributed by atoms with E-state index < -0.39 is 5.60 Å². The normalized spacial score (nSPS) is 45.3. The van der Waals surface area contributed by atoms with Crippen molar-refractivity contribution in [2.45, 2.75) is 89.3 Å². The number of carbonyl (C=O) groups excluding carboxylic acids is 1. The molecule has 8 atom stereocenters. The first kappa shape index (κ1) is 21.9. The molecule has 32 heavy (non-hydrogen) atoms. The Bertz CT molecular complexity index is 947. The van der Waals surface area contributed by atoms with Crippen molar-refractivity contribution < 1.29 is 19.1 Å². The van der Waals surface area contributed by atoms with Gasteiger partial charge in [-0.2, -0.15) is 0 Å². The first-order chi connectivity index (χ1) is 15.2. The smallest absolute Gasteiger partial charge is 0.335 e. The third kappa shape index (κ3) is 3.07. The highest BCUT2D eigenvalue weighted by atomic mass is 16.5. The fourth-order valence-corrected chi connectivity index (χ4v) is 8.61. The Morgan fingerprint density at radius 1 is 1.12 bits per heavy atom. The molecule has 0 aliphatic heterocycles. The van der Waals surface area contributed by atoms with Crippen molar-refractivity contribution in [3.63, 3.8) is 0 Å². The van der Waals surface area contributed by atoms with Crippen LogP contribution in [0.2, 0.25) is 0 Å². The topological polar surface area (TPSA) is 76.7 Å². The van der Waals surface area contributed by atoms with Gasteiger partial charge in [0.25, 0.3) is 0 Å². The van der Waals surface area contributed by atoms with Gasteiger partial charge in [-0.15, -0.1) is 0 Å². The molecule has 1 heterocycles. The average Bonchev–Trinajstić information content (AvgIpc) is 3.06. The Balaban J connectivity index is 1.39. The molecule has 5 nitrogen and oxygen atoms in total. The molecule has 174 valence electrons. The van der Waals surface area contributed by atoms with Crippen LogP contribution in [0.1, 0.15) is 83.1 Å². The van der Waals surface area contributed by atoms with Crippen molar-refractivity contribution in [1.82, 2.24) is 0 Å². The maximum atomic E-state index is 12.3. The Morgan fingerprint density at radius 3 is 2.66 bits per heavy atom. The van der Waals surface area contributed by atoms with Gasteiger partial charge in [0.15, 0.2) is 0 Å². The van der Waals surface area contributed by atoms with Gasteiger partial charge in [0.05, 0.1) is 11.9 Å². The van der Waals surface area contributed by atoms with E-state index in [9.17, 15) is 14.7 Å². The lowest BCUT2D eigenvalue weighted by Crippen LogP contribution is -2.62. The summed E-state index contributed by atoms with van der Waals surface area (Å²) < 4.78 is 10.8. The average molecular weight is 441 g/mol. The fourth-order valence-electron chi connectivity index (χ4n) is 8.61. The fraction of sp³-hybridized carbons (Fsp3) is 0.704. The summed E-state index contributed by atoms with van der Waals surface area (Å²) in [6.45, 7) is 8.23. The molecule has 4 fully saturated rings. The Hall–Kier alpha value is -1.88. The molecule has 1 unspecified atom stereocenters. The summed E-state index contributed by atoms with van der Waals surface area (Å²) in [7, 11) is 0. The summed E-state index contributed by atoms with van der Waals surface area (Å²) >= 11 is 0. The highest BCUT2D eigenvalue weighted by molar-refractivity contribution is 5.81. The van der Waals surface area contributed by atoms with Crippen LogP contribution in [0.5, 0.6) is 0 Å². The molecule has 0 bridgehead atoms. The molecule has 5 heteroatoms. The van der Waals surface area contributed by atoms with Crippen LogP contribution < -0.4 is 5.63 Å². The van der Waals surface area contributed by atoms with Crippen molar-refractivity contribution in [3.8, 4) is 0 Å². The quantitative estimate of drug-likeness (QED) is 0.530. The molecule has 4 aliphatic rings. The molecule has 0 saturated heterocycles. The van der Waals surface area contributed by atoms with Gasteiger partial charge in [-0.3, -0.25) is 0 Å². The zero-order valence-corrected chi connectivity index (χ0v) is 19.3. The van der Waals surface area contributed by atoms with Crippen molar-refractivity contribution in [2.24, 2.45) is 28.6 Å². The van der Waals surface area contributed by atoms with Crippen molar-refractivity contribution in [1.29, 1.82) is 0 Å². The molecule has 0 spiro atoms. The van der Waals surface area contributed by atoms with Crippen LogP contribution >= 0.6 is 0 Å². The third-order valence-corrected chi connectivity index (χ3v) is 10.4. The Morgan fingerprint density at radius 2 is 1.94 bits per heavy atom. The molecule has 1 N–H and O–H groups in total. The molecule has 0 amide bonds. The van der Waals surface area contributed by atoms with Gasteiger partial charge < -0.3 is 14.3 Å². The minimum absolute atomic E-state index is 0.00401. The highest BCUT2D eigenvalue weighted by Gasteiger charge is 2.67. The van der Waals surface area contributed by atoms with E-state index in [1.807, 2.05) is 6.07 Å². The number of esters is 1. The summed E-state index contributed by atoms with van der Waals surface area (Å²) in [5.41, 5.74) is 0.0295. The van der Waals surface area contributed by atoms with Gasteiger partial charge in [0.2, 0.25) is 0 Å². The van der Waals surface area contributed by atoms with E-state index in [1.165, 1.54) is 12.1 Å². The number of hydrogen-bond acceptors (Lipinski definition) is 5. The summed E-state index contributed by atoms with van der Waals surface area (Å²) in [4.78, 5) is 23.2. The minimum atomic E-state index is -0.684. The molecular weight excluding hydrogens is 404 g/mol. The molecular formula is C27H36O5. The number of carbonyl (C=O) groups is 1. The zero-order chi connectivity index (χ0) is 22.7. The van der Waals surface area contributed by atoms with Gasteiger partial charge in [-0.25, -0.2) is 9.59 Å². The van der Waals surface area contributed by atoms with Crippen molar-refractivity contribution in [2.75, 3.05) is 0 Å². The van der Waals surface area contributed by atoms with Crippen LogP contribution in [-0.4, -0.2) is 22.8 Å². The number of rotatable bonds is 3. The summed E-state index contributed by atoms with van der Waals surface area (Å²) in [5.74, 6) is 1.24. The second-order valence-corrected chi connectivity index (χ2v) is 11.4. The molecule has 4 saturated carbocycles. The van der Waals surface area contributed by atoms with E-state index in [2.05, 4.69) is 20.4 Å². The van der Waals surface area contributed by atoms with Crippen LogP contribution in [0.25, 0.3) is 0 Å². The first-order valence-corrected chi connectivity index (χ1v) is 12.4. The second kappa shape index (κ2) is 7.58. The maximum absolute atomic E-state index is 12.3. The van der Waals surface area contributed by atoms with Crippen LogP contribution in [0, 0.1) is 28.6 Å². The van der Waals surface area contributed by atoms with Gasteiger partial charge >= 0.3 is 11.6 Å². The van der Waals surface area contributed by atoms with Crippen LogP contribution in [0.3, 0.4) is 0 Å². The maximum Gasteiger partial charge on any atom is 0.335 e. The predicted molar refractivity (Wildman–Crippen MR) is 121 cm³/mol. The molecule has 1 aromatic heterocycles. The van der Waals surface area contributed by atoms with Gasteiger partial charge in [0, 0.05) is 17.6 Å². The summed E-state index contributed by atoms with van der Waals surface area (Å²) in [6, 6.07) is 3.40. The third-order valence-electron chi connectivity index (χ3n) is 10.4. The number of ether oxygens (including phenoxy) is 1. The zero-order valence-electron chi connectivity index (χ0n) is 19.3. The van der Waals surface area contributed by atoms with Crippen LogP contribution in [-0.2, 0) is 9.53 Å². The van der Waals surface area contributed by atoms with E-state index in [0.717, 1.165) is 63.4 Å². The monoisotopic (exact) mass is 440 g/mol. The van der Waals surface area contributed by atoms with Gasteiger partial charge in [-0.1, -0.05) is 20.4 Å². The molecule has 5 rings (SSSR count). The van der Waals surface area contributed by atoms with E-state index >= 15 is 0 Å². The Kier molecular flexibility index (Phi) is 5.20. The van der Waals surface area contributed by atoms with Gasteiger partial charge in [-0.05, 0) is 98.5 Å². The van der Waals surface area contributed by atoms with E-state index in [0.29, 0.717) is 17.8 Å². The van der Waals surface area contributed by atoms with E-state index in [4.69, 9.17) is 9.15 Å². The van der Waals surface area contributed by atoms with Crippen molar-refractivity contribution in [3.05, 3.63) is 47.0 Å². The van der Waals surface area contributed by atoms with E-state index in [-0.39, 0.29) is 34.4 Å². The van der Waals surface area contributed by atoms with Crippen LogP contribution in [0.15, 0.2) is 40.3 Å². The Labute approximate surface area is 190 Å². The number of hydrogen-bond donors (Lipinski definition) is 1. The predicted octanol–water partition coefficient (Wildman–Crippen LogP) is 4.98. The summed E-state index contributed by atoms with van der Waals surface area (Å²) in [6.07, 6.45) is 11.7. The lowest BCUT2D eigenvalue weighted by atomic mass is 9.43. The SMILES string of the molecule is C=CC(=O)O[C@H]1CC[C@@]2(C)[C@H](CCC3[C@@H]2CC[C@]2(C)[C@@H](c4ccc(=O)oc4)CC[C@]32O)C1. The standard InChI is InChI=1S/C27H36O5/c1-4-23(28)32-19-9-12-25(2)18(15-19)6-7-22-21(25)10-13-26(3)20(11-14-27(22,26)30)17-5-8-24(29)31-16-17/h4-5,8,16,18-22,30H,1,6-7,9-15H2,2-3H3/t18-,19+,20-,21+,22?,25+,26-,27+/m1/s1. The lowest BCUT2D eigenvalue weighted by Gasteiger charge is -2.63. The molecule has 0 radical (unpaired) electrons. The number of fused-ring (bicyclic) bond motifs is 5. The molecule has 0 aromatic carbocycles. The molecule has 4 aliphatic carbocycles. The summed E-state index contributed by atoms with van der Waals surface area (Å²) in [5, 5.41) is 12.3. The van der Waals surface area contributed by atoms with Gasteiger partial charge in [0.1, 0.15) is 6.10 Å². The highest BCUT2D eigenvalue weighted by Crippen LogP contribution is 2.70. The lowest BCUT2D eigenvalue weighted by molar-refractivity contribution is -0.207. The number of aliphatic hydroxyl groups is 1. The van der Waals surface area contributed by atoms with E-state index in [1.54, 1.807) is 6.26 Å².